The van der Waals surface area contributed by atoms with Crippen molar-refractivity contribution in [2.75, 3.05) is 4.90 Å². The lowest BCUT2D eigenvalue weighted by Crippen LogP contribution is -2.31. The Labute approximate surface area is 188 Å². The number of H-pyrrole nitrogens is 1. The van der Waals surface area contributed by atoms with Crippen LogP contribution in [0.3, 0.4) is 0 Å². The van der Waals surface area contributed by atoms with Crippen LogP contribution >= 0.6 is 39.0 Å². The zero-order valence-electron chi connectivity index (χ0n) is 15.4. The molecular weight excluding hydrogens is 484 g/mol. The van der Waals surface area contributed by atoms with Gasteiger partial charge in [-0.1, -0.05) is 81.5 Å². The number of benzene rings is 2. The molecule has 3 aromatic rings. The highest BCUT2D eigenvalue weighted by molar-refractivity contribution is 9.10. The zero-order chi connectivity index (χ0) is 20.8. The number of rotatable bonds is 3. The topological polar surface area (TPSA) is 70.2 Å². The summed E-state index contributed by atoms with van der Waals surface area (Å²) in [6.45, 7) is 0. The third kappa shape index (κ3) is 3.29. The van der Waals surface area contributed by atoms with Gasteiger partial charge in [0.25, 0.3) is 0 Å². The van der Waals surface area contributed by atoms with Crippen molar-refractivity contribution in [2.24, 2.45) is 5.92 Å². The number of nitrogens with one attached hydrogen (secondary N) is 1. The second-order valence-corrected chi connectivity index (χ2v) is 10.1. The molecule has 1 saturated heterocycles. The number of nitrogens with zero attached hydrogens (tertiary/aromatic N) is 1. The van der Waals surface area contributed by atoms with Gasteiger partial charge in [0.05, 0.1) is 16.6 Å². The molecule has 2 aromatic carbocycles. The first kappa shape index (κ1) is 19.5. The molecule has 30 heavy (non-hydrogen) atoms. The van der Waals surface area contributed by atoms with E-state index in [2.05, 4.69) is 20.9 Å². The Morgan fingerprint density at radius 3 is 2.43 bits per heavy atom. The lowest BCUT2D eigenvalue weighted by atomic mass is 9.88. The third-order valence-electron chi connectivity index (χ3n) is 5.25. The first-order chi connectivity index (χ1) is 14.5. The summed E-state index contributed by atoms with van der Waals surface area (Å²) in [5, 5.41) is 0.122. The van der Waals surface area contributed by atoms with Gasteiger partial charge in [-0.3, -0.25) is 14.4 Å². The number of thioether (sulfide) groups is 1. The molecule has 1 aromatic heterocycles. The molecule has 5 rings (SSSR count). The minimum atomic E-state index is -0.565. The van der Waals surface area contributed by atoms with Gasteiger partial charge in [-0.05, 0) is 29.8 Å². The van der Waals surface area contributed by atoms with Crippen LogP contribution in [0.4, 0.5) is 5.69 Å². The highest BCUT2D eigenvalue weighted by atomic mass is 79.9. The summed E-state index contributed by atoms with van der Waals surface area (Å²) in [5.41, 5.74) is 1.56. The Balaban J connectivity index is 1.57. The molecule has 0 aliphatic carbocycles. The van der Waals surface area contributed by atoms with Crippen LogP contribution < -0.4 is 9.77 Å². The highest BCUT2D eigenvalue weighted by Gasteiger charge is 2.55. The molecular formula is C22H15BrN2O3S2. The molecule has 150 valence electrons. The Bertz CT molecular complexity index is 1220. The van der Waals surface area contributed by atoms with Gasteiger partial charge in [-0.2, -0.15) is 0 Å². The normalized spacial score (nSPS) is 23.1. The van der Waals surface area contributed by atoms with Crippen LogP contribution in [0.25, 0.3) is 6.08 Å². The van der Waals surface area contributed by atoms with Crippen LogP contribution in [0.2, 0.25) is 0 Å². The first-order valence-corrected chi connectivity index (χ1v) is 11.8. The number of aromatic nitrogens is 1. The predicted octanol–water partition coefficient (Wildman–Crippen LogP) is 4.66. The van der Waals surface area contributed by atoms with E-state index in [0.29, 0.717) is 10.7 Å². The molecule has 0 bridgehead atoms. The van der Waals surface area contributed by atoms with E-state index < -0.39 is 11.2 Å². The van der Waals surface area contributed by atoms with E-state index in [1.54, 1.807) is 12.1 Å². The summed E-state index contributed by atoms with van der Waals surface area (Å²) >= 11 is 5.78. The summed E-state index contributed by atoms with van der Waals surface area (Å²) in [7, 11) is 0. The SMILES string of the molecule is O=C1[C@H]2[C@H](Sc3[nH]c(=O)sc3[C@H]2/C=C/c2ccccc2)C(=O)N1c1ccc(Br)cc1. The number of hydrogen-bond acceptors (Lipinski definition) is 5. The Kier molecular flexibility index (Phi) is 5.00. The minimum absolute atomic E-state index is 0.171. The van der Waals surface area contributed by atoms with E-state index >= 15 is 0 Å². The third-order valence-corrected chi connectivity index (χ3v) is 8.20. The van der Waals surface area contributed by atoms with Gasteiger partial charge in [0.1, 0.15) is 5.25 Å². The summed E-state index contributed by atoms with van der Waals surface area (Å²) in [4.78, 5) is 43.5. The van der Waals surface area contributed by atoms with Crippen LogP contribution in [0.5, 0.6) is 0 Å². The average molecular weight is 499 g/mol. The maximum Gasteiger partial charge on any atom is 0.305 e. The molecule has 8 heteroatoms. The number of carbonyl (C=O) groups is 2. The van der Waals surface area contributed by atoms with E-state index in [1.807, 2.05) is 54.6 Å². The molecule has 5 nitrogen and oxygen atoms in total. The number of imide groups is 1. The van der Waals surface area contributed by atoms with Gasteiger partial charge in [0.2, 0.25) is 11.8 Å². The molecule has 2 amide bonds. The van der Waals surface area contributed by atoms with Gasteiger partial charge in [0, 0.05) is 15.3 Å². The highest BCUT2D eigenvalue weighted by Crippen LogP contribution is 2.51. The smallest absolute Gasteiger partial charge is 0.305 e. The van der Waals surface area contributed by atoms with E-state index in [9.17, 15) is 14.4 Å². The zero-order valence-corrected chi connectivity index (χ0v) is 18.7. The average Bonchev–Trinajstić information content (AvgIpc) is 3.24. The molecule has 3 atom stereocenters. The van der Waals surface area contributed by atoms with E-state index in [1.165, 1.54) is 16.7 Å². The fraction of sp³-hybridized carbons (Fsp3) is 0.136. The molecule has 1 N–H and O–H groups in total. The minimum Gasteiger partial charge on any atom is -0.307 e. The van der Waals surface area contributed by atoms with Crippen molar-refractivity contribution in [2.45, 2.75) is 16.2 Å². The monoisotopic (exact) mass is 498 g/mol. The molecule has 0 saturated carbocycles. The molecule has 2 aliphatic rings. The lowest BCUT2D eigenvalue weighted by molar-refractivity contribution is -0.122. The Morgan fingerprint density at radius 1 is 0.967 bits per heavy atom. The molecule has 0 spiro atoms. The van der Waals surface area contributed by atoms with Crippen molar-refractivity contribution in [1.82, 2.24) is 4.98 Å². The van der Waals surface area contributed by atoms with Crippen molar-refractivity contribution >= 4 is 62.6 Å². The number of allylic oxidation sites excluding steroid dienone is 1. The number of thiazole rings is 1. The first-order valence-electron chi connectivity index (χ1n) is 9.29. The fourth-order valence-electron chi connectivity index (χ4n) is 3.89. The maximum atomic E-state index is 13.4. The van der Waals surface area contributed by atoms with Crippen LogP contribution in [0.1, 0.15) is 16.4 Å². The number of carbonyl (C=O) groups excluding carboxylic acids is 2. The van der Waals surface area contributed by atoms with Crippen LogP contribution in [-0.2, 0) is 9.59 Å². The molecule has 3 heterocycles. The molecule has 2 aliphatic heterocycles. The van der Waals surface area contributed by atoms with Gasteiger partial charge in [-0.15, -0.1) is 0 Å². The van der Waals surface area contributed by atoms with E-state index in [4.69, 9.17) is 0 Å². The number of fused-ring (bicyclic) bond motifs is 2. The van der Waals surface area contributed by atoms with Crippen molar-refractivity contribution in [3.63, 3.8) is 0 Å². The number of halogens is 1. The van der Waals surface area contributed by atoms with Gasteiger partial charge in [0.15, 0.2) is 0 Å². The lowest BCUT2D eigenvalue weighted by Gasteiger charge is -2.27. The molecule has 0 radical (unpaired) electrons. The summed E-state index contributed by atoms with van der Waals surface area (Å²) < 4.78 is 0.876. The summed E-state index contributed by atoms with van der Waals surface area (Å²) in [6.07, 6.45) is 3.90. The van der Waals surface area contributed by atoms with Crippen molar-refractivity contribution in [3.05, 3.63) is 85.3 Å². The van der Waals surface area contributed by atoms with E-state index in [0.717, 1.165) is 26.3 Å². The number of hydrogen-bond donors (Lipinski definition) is 1. The van der Waals surface area contributed by atoms with Crippen LogP contribution in [0.15, 0.2) is 75.0 Å². The van der Waals surface area contributed by atoms with Crippen LogP contribution in [0, 0.1) is 5.92 Å². The Hall–Kier alpha value is -2.42. The summed E-state index contributed by atoms with van der Waals surface area (Å²) in [6, 6.07) is 16.9. The maximum absolute atomic E-state index is 13.4. The standard InChI is InChI=1S/C22H15BrN2O3S2/c23-13-7-9-14(10-8-13)25-20(26)16-15(11-6-12-4-2-1-3-5-12)17-19(24-22(28)30-17)29-18(16)21(25)27/h1-11,15-16,18H,(H,24,28)/b11-6+/t15-,16+,18-/m0/s1. The Morgan fingerprint density at radius 2 is 1.70 bits per heavy atom. The number of anilines is 1. The van der Waals surface area contributed by atoms with E-state index in [-0.39, 0.29) is 22.6 Å². The second-order valence-electron chi connectivity index (χ2n) is 7.06. The van der Waals surface area contributed by atoms with Gasteiger partial charge < -0.3 is 4.98 Å². The van der Waals surface area contributed by atoms with Crippen molar-refractivity contribution in [3.8, 4) is 0 Å². The fourth-order valence-corrected chi connectivity index (χ4v) is 6.64. The molecule has 1 fully saturated rings. The van der Waals surface area contributed by atoms with Gasteiger partial charge >= 0.3 is 4.87 Å². The summed E-state index contributed by atoms with van der Waals surface area (Å²) in [5.74, 6) is -1.36. The number of amides is 2. The van der Waals surface area contributed by atoms with Crippen molar-refractivity contribution in [1.29, 1.82) is 0 Å². The van der Waals surface area contributed by atoms with Crippen molar-refractivity contribution < 1.29 is 9.59 Å². The van der Waals surface area contributed by atoms with Crippen LogP contribution in [-0.4, -0.2) is 22.0 Å². The van der Waals surface area contributed by atoms with Gasteiger partial charge in [-0.25, -0.2) is 4.90 Å². The molecule has 0 unspecified atom stereocenters. The largest absolute Gasteiger partial charge is 0.307 e. The second kappa shape index (κ2) is 7.68. The quantitative estimate of drug-likeness (QED) is 0.533. The number of aromatic amines is 1. The predicted molar refractivity (Wildman–Crippen MR) is 123 cm³/mol.